The third-order valence-electron chi connectivity index (χ3n) is 3.51. The second kappa shape index (κ2) is 5.85. The molecule has 1 amide bonds. The number of amides is 1. The first kappa shape index (κ1) is 16.5. The van der Waals surface area contributed by atoms with Crippen LogP contribution in [0.1, 0.15) is 41.0 Å². The lowest BCUT2D eigenvalue weighted by atomic mass is 9.53. The van der Waals surface area contributed by atoms with Gasteiger partial charge >= 0.3 is 12.1 Å². The van der Waals surface area contributed by atoms with E-state index in [2.05, 4.69) is 39.6 Å². The van der Waals surface area contributed by atoms with Crippen molar-refractivity contribution in [3.63, 3.8) is 0 Å². The molecule has 0 atom stereocenters. The number of alkyl carbamates (subject to hydrolysis) is 1. The Morgan fingerprint density at radius 2 is 1.80 bits per heavy atom. The molecule has 20 heavy (non-hydrogen) atoms. The van der Waals surface area contributed by atoms with Crippen molar-refractivity contribution in [1.82, 2.24) is 5.32 Å². The second-order valence-electron chi connectivity index (χ2n) is 6.78. The Morgan fingerprint density at radius 1 is 1.25 bits per heavy atom. The molecule has 0 bridgehead atoms. The molecule has 0 radical (unpaired) electrons. The van der Waals surface area contributed by atoms with Gasteiger partial charge in [-0.05, 0) is 13.3 Å². The predicted molar refractivity (Wildman–Crippen MR) is 76.2 cm³/mol. The van der Waals surface area contributed by atoms with E-state index in [-0.39, 0.29) is 30.1 Å². The fourth-order valence-electron chi connectivity index (χ4n) is 3.17. The molecule has 0 saturated heterocycles. The molecule has 5 heteroatoms. The van der Waals surface area contributed by atoms with Crippen LogP contribution in [0.5, 0.6) is 0 Å². The fourth-order valence-corrected chi connectivity index (χ4v) is 3.17. The summed E-state index contributed by atoms with van der Waals surface area (Å²) in [5.74, 6) is -0.457. The van der Waals surface area contributed by atoms with E-state index in [4.69, 9.17) is 9.47 Å². The summed E-state index contributed by atoms with van der Waals surface area (Å²) in [6.07, 6.45) is 0.448. The van der Waals surface area contributed by atoms with E-state index in [0.29, 0.717) is 5.57 Å². The molecule has 0 spiro atoms. The lowest BCUT2D eigenvalue weighted by Crippen LogP contribution is -2.57. The van der Waals surface area contributed by atoms with Crippen LogP contribution >= 0.6 is 0 Å². The fraction of sp³-hybridized carbons (Fsp3) is 0.733. The van der Waals surface area contributed by atoms with Gasteiger partial charge in [0.2, 0.25) is 0 Å². The van der Waals surface area contributed by atoms with Crippen LogP contribution in [-0.2, 0) is 14.3 Å². The van der Waals surface area contributed by atoms with Gasteiger partial charge in [-0.2, -0.15) is 0 Å². The molecular weight excluding hydrogens is 258 g/mol. The zero-order chi connectivity index (χ0) is 15.6. The van der Waals surface area contributed by atoms with Crippen LogP contribution in [0, 0.1) is 10.8 Å². The Bertz CT molecular complexity index is 398. The highest BCUT2D eigenvalue weighted by molar-refractivity contribution is 5.86. The Morgan fingerprint density at radius 3 is 2.25 bits per heavy atom. The SMILES string of the molecule is C=C(C)C(=O)OCCNC(=O)OC1C(C)(C)CC1(C)C. The van der Waals surface area contributed by atoms with Gasteiger partial charge in [0.25, 0.3) is 0 Å². The third kappa shape index (κ3) is 3.99. The minimum absolute atomic E-state index is 0.00720. The molecular formula is C15H25NO4. The summed E-state index contributed by atoms with van der Waals surface area (Å²) < 4.78 is 10.3. The van der Waals surface area contributed by atoms with Crippen molar-refractivity contribution in [2.24, 2.45) is 10.8 Å². The molecule has 5 nitrogen and oxygen atoms in total. The summed E-state index contributed by atoms with van der Waals surface area (Å²) in [5, 5.41) is 2.58. The minimum atomic E-state index is -0.470. The summed E-state index contributed by atoms with van der Waals surface area (Å²) in [6.45, 7) is 13.7. The van der Waals surface area contributed by atoms with Crippen LogP contribution in [0.2, 0.25) is 0 Å². The Hall–Kier alpha value is -1.52. The molecule has 0 heterocycles. The number of esters is 1. The predicted octanol–water partition coefficient (Wildman–Crippen LogP) is 2.66. The number of nitrogens with one attached hydrogen (secondary N) is 1. The quantitative estimate of drug-likeness (QED) is 0.478. The maximum atomic E-state index is 11.7. The smallest absolute Gasteiger partial charge is 0.407 e. The van der Waals surface area contributed by atoms with E-state index in [1.807, 2.05) is 0 Å². The zero-order valence-corrected chi connectivity index (χ0v) is 13.0. The van der Waals surface area contributed by atoms with Gasteiger partial charge in [0.05, 0.1) is 6.54 Å². The molecule has 1 fully saturated rings. The topological polar surface area (TPSA) is 64.6 Å². The molecule has 0 aliphatic heterocycles. The Balaban J connectivity index is 2.28. The molecule has 0 aromatic rings. The van der Waals surface area contributed by atoms with Gasteiger partial charge in [0.1, 0.15) is 12.7 Å². The highest BCUT2D eigenvalue weighted by atomic mass is 16.6. The van der Waals surface area contributed by atoms with Crippen molar-refractivity contribution < 1.29 is 19.1 Å². The molecule has 0 unspecified atom stereocenters. The Kier molecular flexibility index (Phi) is 4.84. The van der Waals surface area contributed by atoms with Gasteiger partial charge in [-0.3, -0.25) is 0 Å². The molecule has 1 saturated carbocycles. The van der Waals surface area contributed by atoms with Crippen LogP contribution < -0.4 is 5.32 Å². The average molecular weight is 283 g/mol. The van der Waals surface area contributed by atoms with Crippen LogP contribution in [0.25, 0.3) is 0 Å². The molecule has 114 valence electrons. The van der Waals surface area contributed by atoms with Crippen molar-refractivity contribution in [1.29, 1.82) is 0 Å². The van der Waals surface area contributed by atoms with Gasteiger partial charge in [0, 0.05) is 16.4 Å². The molecule has 1 aliphatic carbocycles. The van der Waals surface area contributed by atoms with E-state index >= 15 is 0 Å². The van der Waals surface area contributed by atoms with Crippen LogP contribution in [0.3, 0.4) is 0 Å². The summed E-state index contributed by atoms with van der Waals surface area (Å²) in [6, 6.07) is 0. The monoisotopic (exact) mass is 283 g/mol. The number of hydrogen-bond donors (Lipinski definition) is 1. The number of hydrogen-bond acceptors (Lipinski definition) is 4. The van der Waals surface area contributed by atoms with Gasteiger partial charge in [-0.15, -0.1) is 0 Å². The lowest BCUT2D eigenvalue weighted by Gasteiger charge is -2.56. The van der Waals surface area contributed by atoms with Gasteiger partial charge in [-0.1, -0.05) is 34.3 Å². The highest BCUT2D eigenvalue weighted by Crippen LogP contribution is 2.55. The minimum Gasteiger partial charge on any atom is -0.460 e. The first-order valence-corrected chi connectivity index (χ1v) is 6.83. The van der Waals surface area contributed by atoms with E-state index in [9.17, 15) is 9.59 Å². The highest BCUT2D eigenvalue weighted by Gasteiger charge is 2.55. The zero-order valence-electron chi connectivity index (χ0n) is 13.0. The van der Waals surface area contributed by atoms with Crippen molar-refractivity contribution >= 4 is 12.1 Å². The largest absolute Gasteiger partial charge is 0.460 e. The number of carbonyl (C=O) groups is 2. The van der Waals surface area contributed by atoms with Gasteiger partial charge in [-0.25, -0.2) is 9.59 Å². The second-order valence-corrected chi connectivity index (χ2v) is 6.78. The third-order valence-corrected chi connectivity index (χ3v) is 3.51. The van der Waals surface area contributed by atoms with Gasteiger partial charge in [0.15, 0.2) is 0 Å². The maximum Gasteiger partial charge on any atom is 0.407 e. The number of rotatable bonds is 5. The summed E-state index contributed by atoms with van der Waals surface area (Å²) >= 11 is 0. The van der Waals surface area contributed by atoms with Gasteiger partial charge < -0.3 is 14.8 Å². The summed E-state index contributed by atoms with van der Waals surface area (Å²) in [4.78, 5) is 22.8. The molecule has 1 aliphatic rings. The summed E-state index contributed by atoms with van der Waals surface area (Å²) in [7, 11) is 0. The van der Waals surface area contributed by atoms with Crippen molar-refractivity contribution in [3.05, 3.63) is 12.2 Å². The van der Waals surface area contributed by atoms with E-state index in [0.717, 1.165) is 6.42 Å². The molecule has 0 aromatic heterocycles. The first-order valence-electron chi connectivity index (χ1n) is 6.83. The van der Waals surface area contributed by atoms with Crippen molar-refractivity contribution in [2.75, 3.05) is 13.2 Å². The van der Waals surface area contributed by atoms with Crippen molar-refractivity contribution in [3.8, 4) is 0 Å². The number of ether oxygens (including phenoxy) is 2. The van der Waals surface area contributed by atoms with E-state index < -0.39 is 12.1 Å². The Labute approximate surface area is 120 Å². The van der Waals surface area contributed by atoms with Crippen molar-refractivity contribution in [2.45, 2.75) is 47.1 Å². The van der Waals surface area contributed by atoms with E-state index in [1.54, 1.807) is 6.92 Å². The number of carbonyl (C=O) groups excluding carboxylic acids is 2. The standard InChI is InChI=1S/C15H25NO4/c1-10(2)11(17)19-8-7-16-13(18)20-12-14(3,4)9-15(12,5)6/h12H,1,7-9H2,2-6H3,(H,16,18). The van der Waals surface area contributed by atoms with Crippen LogP contribution in [0.4, 0.5) is 4.79 Å². The summed E-state index contributed by atoms with van der Waals surface area (Å²) in [5.41, 5.74) is 0.353. The molecule has 1 rings (SSSR count). The first-order chi connectivity index (χ1) is 9.06. The normalized spacial score (nSPS) is 19.6. The average Bonchev–Trinajstić information content (AvgIpc) is 2.29. The van der Waals surface area contributed by atoms with Crippen LogP contribution in [0.15, 0.2) is 12.2 Å². The van der Waals surface area contributed by atoms with E-state index in [1.165, 1.54) is 0 Å². The maximum absolute atomic E-state index is 11.7. The molecule has 0 aromatic carbocycles. The molecule has 1 N–H and O–H groups in total. The lowest BCUT2D eigenvalue weighted by molar-refractivity contribution is -0.152. The van der Waals surface area contributed by atoms with Crippen LogP contribution in [-0.4, -0.2) is 31.3 Å².